The largest absolute Gasteiger partial charge is 0.384 e. The molecule has 0 spiro atoms. The SMILES string of the molecule is CCCc1nc(S[C@H](C)C(=O)c2c(N)n(C)c(=O)n(C)c2=O)n[nH]1. The van der Waals surface area contributed by atoms with Crippen LogP contribution in [0.25, 0.3) is 0 Å². The summed E-state index contributed by atoms with van der Waals surface area (Å²) in [6, 6.07) is 0. The van der Waals surface area contributed by atoms with Gasteiger partial charge in [-0.3, -0.25) is 23.8 Å². The lowest BCUT2D eigenvalue weighted by molar-refractivity contribution is 0.0992. The minimum absolute atomic E-state index is 0.137. The molecule has 10 heteroatoms. The van der Waals surface area contributed by atoms with Crippen LogP contribution in [0, 0.1) is 0 Å². The summed E-state index contributed by atoms with van der Waals surface area (Å²) in [5.74, 6) is 0.148. The molecular weight excluding hydrogens is 332 g/mol. The normalized spacial score (nSPS) is 12.3. The average Bonchev–Trinajstić information content (AvgIpc) is 2.98. The molecule has 24 heavy (non-hydrogen) atoms. The summed E-state index contributed by atoms with van der Waals surface area (Å²) in [5.41, 5.74) is 4.34. The number of nitrogen functional groups attached to an aromatic ring is 1. The molecule has 0 bridgehead atoms. The number of nitrogens with two attached hydrogens (primary N) is 1. The van der Waals surface area contributed by atoms with Gasteiger partial charge in [0.15, 0.2) is 5.78 Å². The van der Waals surface area contributed by atoms with E-state index in [1.165, 1.54) is 14.1 Å². The minimum Gasteiger partial charge on any atom is -0.384 e. The Morgan fingerprint density at radius 1 is 1.33 bits per heavy atom. The van der Waals surface area contributed by atoms with Gasteiger partial charge in [0.1, 0.15) is 17.2 Å². The van der Waals surface area contributed by atoms with Gasteiger partial charge >= 0.3 is 5.69 Å². The summed E-state index contributed by atoms with van der Waals surface area (Å²) in [4.78, 5) is 41.0. The van der Waals surface area contributed by atoms with E-state index in [0.29, 0.717) is 5.16 Å². The Hall–Kier alpha value is -2.36. The fourth-order valence-electron chi connectivity index (χ4n) is 2.19. The van der Waals surface area contributed by atoms with Crippen molar-refractivity contribution in [2.75, 3.05) is 5.73 Å². The monoisotopic (exact) mass is 352 g/mol. The topological polar surface area (TPSA) is 129 Å². The molecule has 1 atom stereocenters. The van der Waals surface area contributed by atoms with Gasteiger partial charge < -0.3 is 5.73 Å². The number of Topliss-reactive ketones (excluding diaryl/α,β-unsaturated/α-hetero) is 1. The fourth-order valence-corrected chi connectivity index (χ4v) is 2.99. The number of hydrogen-bond donors (Lipinski definition) is 2. The van der Waals surface area contributed by atoms with Crippen LogP contribution >= 0.6 is 11.8 Å². The molecule has 0 saturated carbocycles. The van der Waals surface area contributed by atoms with Gasteiger partial charge in [0.25, 0.3) is 5.56 Å². The molecule has 2 heterocycles. The summed E-state index contributed by atoms with van der Waals surface area (Å²) in [6.45, 7) is 3.67. The summed E-state index contributed by atoms with van der Waals surface area (Å²) in [7, 11) is 2.73. The molecule has 0 aliphatic rings. The number of anilines is 1. The highest BCUT2D eigenvalue weighted by Gasteiger charge is 2.26. The summed E-state index contributed by atoms with van der Waals surface area (Å²) in [5, 5.41) is 6.67. The molecular formula is C14H20N6O3S. The molecule has 0 aromatic carbocycles. The van der Waals surface area contributed by atoms with E-state index in [1.54, 1.807) is 6.92 Å². The van der Waals surface area contributed by atoms with Gasteiger partial charge in [-0.05, 0) is 13.3 Å². The van der Waals surface area contributed by atoms with Crippen LogP contribution in [0.15, 0.2) is 14.7 Å². The molecule has 0 amide bonds. The third-order valence-corrected chi connectivity index (χ3v) is 4.57. The predicted molar refractivity (Wildman–Crippen MR) is 91.4 cm³/mol. The van der Waals surface area contributed by atoms with E-state index < -0.39 is 22.3 Å². The zero-order chi connectivity index (χ0) is 18.0. The van der Waals surface area contributed by atoms with E-state index in [0.717, 1.165) is 39.6 Å². The van der Waals surface area contributed by atoms with Crippen LogP contribution in [0.5, 0.6) is 0 Å². The van der Waals surface area contributed by atoms with E-state index in [4.69, 9.17) is 5.73 Å². The number of thioether (sulfide) groups is 1. The van der Waals surface area contributed by atoms with Gasteiger partial charge in [0.2, 0.25) is 5.16 Å². The maximum atomic E-state index is 12.6. The van der Waals surface area contributed by atoms with E-state index in [9.17, 15) is 14.4 Å². The van der Waals surface area contributed by atoms with Crippen molar-refractivity contribution in [3.8, 4) is 0 Å². The lowest BCUT2D eigenvalue weighted by Gasteiger charge is -2.13. The second-order valence-corrected chi connectivity index (χ2v) is 6.71. The van der Waals surface area contributed by atoms with Gasteiger partial charge in [-0.2, -0.15) is 0 Å². The Kier molecular flexibility index (Phi) is 5.27. The standard InChI is InChI=1S/C14H20N6O3S/c1-5-6-8-16-13(18-17-8)24-7(2)10(21)9-11(15)19(3)14(23)20(4)12(9)22/h7H,5-6,15H2,1-4H3,(H,16,17,18)/t7-/m1/s1. The van der Waals surface area contributed by atoms with E-state index in [2.05, 4.69) is 15.2 Å². The van der Waals surface area contributed by atoms with Crippen molar-refractivity contribution < 1.29 is 4.79 Å². The second-order valence-electron chi connectivity index (χ2n) is 5.41. The quantitative estimate of drug-likeness (QED) is 0.557. The first-order chi connectivity index (χ1) is 11.3. The molecule has 0 unspecified atom stereocenters. The number of ketones is 1. The summed E-state index contributed by atoms with van der Waals surface area (Å²) >= 11 is 1.13. The van der Waals surface area contributed by atoms with Crippen molar-refractivity contribution in [2.45, 2.75) is 37.1 Å². The summed E-state index contributed by atoms with van der Waals surface area (Å²) < 4.78 is 1.95. The number of H-pyrrole nitrogens is 1. The van der Waals surface area contributed by atoms with Gasteiger partial charge in [0.05, 0.1) is 5.25 Å². The zero-order valence-corrected chi connectivity index (χ0v) is 14.8. The van der Waals surface area contributed by atoms with Crippen LogP contribution in [0.1, 0.15) is 36.5 Å². The first-order valence-electron chi connectivity index (χ1n) is 7.45. The van der Waals surface area contributed by atoms with Crippen molar-refractivity contribution in [3.63, 3.8) is 0 Å². The fraction of sp³-hybridized carbons (Fsp3) is 0.500. The molecule has 0 aliphatic heterocycles. The Morgan fingerprint density at radius 2 is 2.00 bits per heavy atom. The van der Waals surface area contributed by atoms with Crippen molar-refractivity contribution >= 4 is 23.4 Å². The number of rotatable bonds is 6. The van der Waals surface area contributed by atoms with E-state index in [1.807, 2.05) is 6.92 Å². The van der Waals surface area contributed by atoms with Crippen molar-refractivity contribution in [1.82, 2.24) is 24.3 Å². The maximum Gasteiger partial charge on any atom is 0.332 e. The highest BCUT2D eigenvalue weighted by molar-refractivity contribution is 8.00. The Morgan fingerprint density at radius 3 is 2.62 bits per heavy atom. The van der Waals surface area contributed by atoms with Crippen LogP contribution in [-0.2, 0) is 20.5 Å². The Labute approximate surface area is 142 Å². The average molecular weight is 352 g/mol. The molecule has 0 saturated heterocycles. The van der Waals surface area contributed by atoms with Crippen LogP contribution in [-0.4, -0.2) is 35.3 Å². The maximum absolute atomic E-state index is 12.6. The molecule has 3 N–H and O–H groups in total. The van der Waals surface area contributed by atoms with Gasteiger partial charge in [-0.15, -0.1) is 5.10 Å². The van der Waals surface area contributed by atoms with Crippen LogP contribution in [0.2, 0.25) is 0 Å². The third-order valence-electron chi connectivity index (χ3n) is 3.61. The van der Waals surface area contributed by atoms with Crippen molar-refractivity contribution in [3.05, 3.63) is 32.2 Å². The molecule has 2 aromatic heterocycles. The highest BCUT2D eigenvalue weighted by Crippen LogP contribution is 2.23. The predicted octanol–water partition coefficient (Wildman–Crippen LogP) is 0.100. The smallest absolute Gasteiger partial charge is 0.332 e. The Balaban J connectivity index is 2.31. The molecule has 2 aromatic rings. The third kappa shape index (κ3) is 3.28. The Bertz CT molecular complexity index is 882. The molecule has 0 aliphatic carbocycles. The zero-order valence-electron chi connectivity index (χ0n) is 14.0. The van der Waals surface area contributed by atoms with Gasteiger partial charge in [-0.25, -0.2) is 9.78 Å². The summed E-state index contributed by atoms with van der Waals surface area (Å²) in [6.07, 6.45) is 1.70. The number of aromatic amines is 1. The van der Waals surface area contributed by atoms with Crippen molar-refractivity contribution in [2.24, 2.45) is 14.1 Å². The number of nitrogens with zero attached hydrogens (tertiary/aromatic N) is 4. The number of carbonyl (C=O) groups is 1. The number of aromatic nitrogens is 5. The lowest BCUT2D eigenvalue weighted by atomic mass is 10.1. The second kappa shape index (κ2) is 7.04. The van der Waals surface area contributed by atoms with E-state index >= 15 is 0 Å². The van der Waals surface area contributed by atoms with Gasteiger partial charge in [0, 0.05) is 20.5 Å². The number of carbonyl (C=O) groups excluding carboxylic acids is 1. The minimum atomic E-state index is -0.699. The molecule has 130 valence electrons. The molecule has 2 rings (SSSR count). The highest BCUT2D eigenvalue weighted by atomic mass is 32.2. The van der Waals surface area contributed by atoms with Gasteiger partial charge in [-0.1, -0.05) is 18.7 Å². The van der Waals surface area contributed by atoms with Crippen LogP contribution in [0.3, 0.4) is 0 Å². The molecule has 9 nitrogen and oxygen atoms in total. The number of nitrogens with one attached hydrogen (secondary N) is 1. The molecule has 0 fully saturated rings. The van der Waals surface area contributed by atoms with Crippen molar-refractivity contribution in [1.29, 1.82) is 0 Å². The molecule has 0 radical (unpaired) electrons. The number of hydrogen-bond acceptors (Lipinski definition) is 7. The van der Waals surface area contributed by atoms with Crippen LogP contribution < -0.4 is 17.0 Å². The number of aryl methyl sites for hydroxylation is 1. The first-order valence-corrected chi connectivity index (χ1v) is 8.33. The van der Waals surface area contributed by atoms with Crippen LogP contribution in [0.4, 0.5) is 5.82 Å². The lowest BCUT2D eigenvalue weighted by Crippen LogP contribution is -2.42. The first kappa shape index (κ1) is 18.0. The van der Waals surface area contributed by atoms with E-state index in [-0.39, 0.29) is 11.4 Å².